The van der Waals surface area contributed by atoms with Crippen molar-refractivity contribution < 1.29 is 8.42 Å². The molecule has 1 aromatic rings. The molecule has 1 heterocycles. The van der Waals surface area contributed by atoms with Crippen molar-refractivity contribution in [2.45, 2.75) is 0 Å². The van der Waals surface area contributed by atoms with E-state index in [0.717, 1.165) is 11.1 Å². The van der Waals surface area contributed by atoms with Gasteiger partial charge in [0.15, 0.2) is 9.84 Å². The fourth-order valence-corrected chi connectivity index (χ4v) is 2.85. The van der Waals surface area contributed by atoms with Crippen molar-refractivity contribution in [3.8, 4) is 0 Å². The lowest BCUT2D eigenvalue weighted by atomic mass is 10.1. The second kappa shape index (κ2) is 3.13. The molecule has 0 radical (unpaired) electrons. The first-order chi connectivity index (χ1) is 6.57. The van der Waals surface area contributed by atoms with E-state index < -0.39 is 9.84 Å². The lowest BCUT2D eigenvalue weighted by molar-refractivity contribution is 0.603. The van der Waals surface area contributed by atoms with Crippen molar-refractivity contribution in [3.05, 3.63) is 35.9 Å². The SMILES string of the molecule is Nc1cccc(C2=CCS(=O)(=O)C2)c1. The number of sulfone groups is 1. The Balaban J connectivity index is 2.35. The van der Waals surface area contributed by atoms with Gasteiger partial charge in [-0.25, -0.2) is 8.42 Å². The van der Waals surface area contributed by atoms with Gasteiger partial charge in [0.05, 0.1) is 11.5 Å². The highest BCUT2D eigenvalue weighted by Gasteiger charge is 2.20. The first-order valence-electron chi connectivity index (χ1n) is 4.32. The third-order valence-electron chi connectivity index (χ3n) is 2.22. The van der Waals surface area contributed by atoms with Gasteiger partial charge in [-0.3, -0.25) is 0 Å². The van der Waals surface area contributed by atoms with Crippen LogP contribution in [0.4, 0.5) is 5.69 Å². The molecule has 74 valence electrons. The number of hydrogen-bond acceptors (Lipinski definition) is 3. The molecule has 2 rings (SSSR count). The number of rotatable bonds is 1. The first kappa shape index (κ1) is 9.27. The molecule has 0 amide bonds. The Bertz CT molecular complexity index is 489. The Kier molecular flexibility index (Phi) is 2.07. The Morgan fingerprint density at radius 1 is 1.29 bits per heavy atom. The van der Waals surface area contributed by atoms with Gasteiger partial charge in [-0.2, -0.15) is 0 Å². The molecule has 0 fully saturated rings. The Morgan fingerprint density at radius 2 is 2.07 bits per heavy atom. The molecule has 4 heteroatoms. The Labute approximate surface area is 83.2 Å². The summed E-state index contributed by atoms with van der Waals surface area (Å²) in [5, 5.41) is 0. The highest BCUT2D eigenvalue weighted by Crippen LogP contribution is 2.23. The summed E-state index contributed by atoms with van der Waals surface area (Å²) in [5.74, 6) is 0.285. The third kappa shape index (κ3) is 1.80. The summed E-state index contributed by atoms with van der Waals surface area (Å²) >= 11 is 0. The summed E-state index contributed by atoms with van der Waals surface area (Å²) in [4.78, 5) is 0. The zero-order valence-electron chi connectivity index (χ0n) is 7.60. The van der Waals surface area contributed by atoms with Gasteiger partial charge in [-0.15, -0.1) is 0 Å². The van der Waals surface area contributed by atoms with E-state index in [0.29, 0.717) is 5.69 Å². The maximum Gasteiger partial charge on any atom is 0.158 e. The van der Waals surface area contributed by atoms with Crippen molar-refractivity contribution in [2.75, 3.05) is 17.2 Å². The average Bonchev–Trinajstić information content (AvgIpc) is 2.46. The van der Waals surface area contributed by atoms with Gasteiger partial charge >= 0.3 is 0 Å². The topological polar surface area (TPSA) is 60.2 Å². The van der Waals surface area contributed by atoms with E-state index in [1.165, 1.54) is 0 Å². The summed E-state index contributed by atoms with van der Waals surface area (Å²) in [7, 11) is -2.89. The average molecular weight is 209 g/mol. The summed E-state index contributed by atoms with van der Waals surface area (Å²) < 4.78 is 22.4. The standard InChI is InChI=1S/C10H11NO2S/c11-10-3-1-2-8(6-10)9-4-5-14(12,13)7-9/h1-4,6H,5,7,11H2. The van der Waals surface area contributed by atoms with Crippen LogP contribution in [-0.4, -0.2) is 19.9 Å². The predicted molar refractivity (Wildman–Crippen MR) is 57.5 cm³/mol. The van der Waals surface area contributed by atoms with Gasteiger partial charge in [0.2, 0.25) is 0 Å². The van der Waals surface area contributed by atoms with Gasteiger partial charge in [0.1, 0.15) is 0 Å². The van der Waals surface area contributed by atoms with E-state index in [9.17, 15) is 8.42 Å². The number of hydrogen-bond donors (Lipinski definition) is 1. The fraction of sp³-hybridized carbons (Fsp3) is 0.200. The summed E-state index contributed by atoms with van der Waals surface area (Å²) in [6.45, 7) is 0. The van der Waals surface area contributed by atoms with Gasteiger partial charge in [0, 0.05) is 5.69 Å². The normalized spacial score (nSPS) is 19.3. The van der Waals surface area contributed by atoms with Crippen molar-refractivity contribution >= 4 is 21.1 Å². The molecular formula is C10H11NO2S. The van der Waals surface area contributed by atoms with E-state index in [1.54, 1.807) is 18.2 Å². The Hall–Kier alpha value is -1.29. The van der Waals surface area contributed by atoms with Crippen LogP contribution in [0.3, 0.4) is 0 Å². The molecule has 0 spiro atoms. The monoisotopic (exact) mass is 209 g/mol. The summed E-state index contributed by atoms with van der Waals surface area (Å²) in [6.07, 6.45) is 1.75. The molecule has 0 bridgehead atoms. The lowest BCUT2D eigenvalue weighted by Crippen LogP contribution is -2.02. The molecule has 0 saturated heterocycles. The van der Waals surface area contributed by atoms with E-state index in [1.807, 2.05) is 12.1 Å². The minimum absolute atomic E-state index is 0.135. The molecule has 0 saturated carbocycles. The highest BCUT2D eigenvalue weighted by molar-refractivity contribution is 7.92. The van der Waals surface area contributed by atoms with Crippen molar-refractivity contribution in [2.24, 2.45) is 0 Å². The quantitative estimate of drug-likeness (QED) is 0.704. The minimum atomic E-state index is -2.89. The molecule has 0 unspecified atom stereocenters. The minimum Gasteiger partial charge on any atom is -0.399 e. The second-order valence-electron chi connectivity index (χ2n) is 3.41. The van der Waals surface area contributed by atoms with Crippen molar-refractivity contribution in [1.82, 2.24) is 0 Å². The van der Waals surface area contributed by atoms with Crippen LogP contribution in [0.2, 0.25) is 0 Å². The highest BCUT2D eigenvalue weighted by atomic mass is 32.2. The van der Waals surface area contributed by atoms with E-state index >= 15 is 0 Å². The maximum absolute atomic E-state index is 11.2. The number of nitrogens with two attached hydrogens (primary N) is 1. The van der Waals surface area contributed by atoms with Crippen LogP contribution in [0.15, 0.2) is 30.3 Å². The number of nitrogen functional groups attached to an aromatic ring is 1. The molecule has 0 aromatic heterocycles. The van der Waals surface area contributed by atoms with Gasteiger partial charge < -0.3 is 5.73 Å². The lowest BCUT2D eigenvalue weighted by Gasteiger charge is -2.01. The zero-order valence-corrected chi connectivity index (χ0v) is 8.42. The molecule has 1 aliphatic rings. The van der Waals surface area contributed by atoms with Crippen LogP contribution >= 0.6 is 0 Å². The van der Waals surface area contributed by atoms with E-state index in [-0.39, 0.29) is 11.5 Å². The van der Waals surface area contributed by atoms with Gasteiger partial charge in [-0.1, -0.05) is 18.2 Å². The van der Waals surface area contributed by atoms with Gasteiger partial charge in [-0.05, 0) is 23.3 Å². The second-order valence-corrected chi connectivity index (χ2v) is 5.52. The molecule has 2 N–H and O–H groups in total. The molecule has 0 aliphatic carbocycles. The molecular weight excluding hydrogens is 198 g/mol. The van der Waals surface area contributed by atoms with E-state index in [2.05, 4.69) is 0 Å². The first-order valence-corrected chi connectivity index (χ1v) is 6.14. The summed E-state index contributed by atoms with van der Waals surface area (Å²) in [5.41, 5.74) is 8.04. The maximum atomic E-state index is 11.2. The molecule has 1 aromatic carbocycles. The smallest absolute Gasteiger partial charge is 0.158 e. The zero-order chi connectivity index (χ0) is 10.2. The predicted octanol–water partition coefficient (Wildman–Crippen LogP) is 1.08. The largest absolute Gasteiger partial charge is 0.399 e. The third-order valence-corrected chi connectivity index (χ3v) is 3.64. The van der Waals surface area contributed by atoms with Crippen LogP contribution < -0.4 is 5.73 Å². The van der Waals surface area contributed by atoms with Gasteiger partial charge in [0.25, 0.3) is 0 Å². The molecule has 14 heavy (non-hydrogen) atoms. The molecule has 0 atom stereocenters. The number of benzene rings is 1. The fourth-order valence-electron chi connectivity index (χ4n) is 1.52. The molecule has 1 aliphatic heterocycles. The van der Waals surface area contributed by atoms with E-state index in [4.69, 9.17) is 5.73 Å². The van der Waals surface area contributed by atoms with Crippen LogP contribution in [0.25, 0.3) is 5.57 Å². The number of anilines is 1. The molecule has 3 nitrogen and oxygen atoms in total. The van der Waals surface area contributed by atoms with Crippen LogP contribution in [0, 0.1) is 0 Å². The van der Waals surface area contributed by atoms with Crippen LogP contribution in [0.1, 0.15) is 5.56 Å². The van der Waals surface area contributed by atoms with Crippen molar-refractivity contribution in [3.63, 3.8) is 0 Å². The van der Waals surface area contributed by atoms with Crippen molar-refractivity contribution in [1.29, 1.82) is 0 Å². The Morgan fingerprint density at radius 3 is 2.64 bits per heavy atom. The summed E-state index contributed by atoms with van der Waals surface area (Å²) in [6, 6.07) is 7.29. The van der Waals surface area contributed by atoms with Crippen LogP contribution in [0.5, 0.6) is 0 Å². The van der Waals surface area contributed by atoms with Crippen LogP contribution in [-0.2, 0) is 9.84 Å².